The van der Waals surface area contributed by atoms with E-state index in [4.69, 9.17) is 9.84 Å². The maximum atomic E-state index is 12.8. The van der Waals surface area contributed by atoms with Gasteiger partial charge in [-0.3, -0.25) is 0 Å². The quantitative estimate of drug-likeness (QED) is 0.644. The molecule has 4 heterocycles. The third-order valence-corrected chi connectivity index (χ3v) is 5.65. The van der Waals surface area contributed by atoms with Crippen molar-refractivity contribution in [1.82, 2.24) is 29.6 Å². The van der Waals surface area contributed by atoms with Gasteiger partial charge in [-0.15, -0.1) is 15.3 Å². The first kappa shape index (κ1) is 18.8. The van der Waals surface area contributed by atoms with Crippen molar-refractivity contribution in [1.29, 1.82) is 0 Å². The van der Waals surface area contributed by atoms with Crippen molar-refractivity contribution in [3.8, 4) is 11.4 Å². The fraction of sp³-hybridized carbons (Fsp3) is 0.429. The van der Waals surface area contributed by atoms with E-state index >= 15 is 0 Å². The summed E-state index contributed by atoms with van der Waals surface area (Å²) in [6.07, 6.45) is 0.906. The molecule has 2 aromatic heterocycles. The molecular formula is C21H25N7O2. The van der Waals surface area contributed by atoms with Crippen molar-refractivity contribution in [2.75, 3.05) is 57.4 Å². The zero-order chi connectivity index (χ0) is 20.3. The van der Waals surface area contributed by atoms with Crippen LogP contribution in [0.5, 0.6) is 0 Å². The highest BCUT2D eigenvalue weighted by Crippen LogP contribution is 2.20. The van der Waals surface area contributed by atoms with Crippen molar-refractivity contribution >= 4 is 17.5 Å². The molecule has 3 aromatic rings. The van der Waals surface area contributed by atoms with Gasteiger partial charge in [0.05, 0.1) is 13.2 Å². The Labute approximate surface area is 174 Å². The minimum Gasteiger partial charge on any atom is -0.378 e. The Morgan fingerprint density at radius 2 is 1.63 bits per heavy atom. The van der Waals surface area contributed by atoms with E-state index in [2.05, 4.69) is 15.1 Å². The molecule has 30 heavy (non-hydrogen) atoms. The van der Waals surface area contributed by atoms with Gasteiger partial charge in [0.15, 0.2) is 11.5 Å². The highest BCUT2D eigenvalue weighted by atomic mass is 16.5. The summed E-state index contributed by atoms with van der Waals surface area (Å²) >= 11 is 0. The van der Waals surface area contributed by atoms with Crippen LogP contribution in [0, 0.1) is 0 Å². The number of rotatable bonds is 2. The molecule has 0 atom stereocenters. The van der Waals surface area contributed by atoms with Crippen LogP contribution in [-0.2, 0) is 4.74 Å². The molecule has 9 heteroatoms. The fourth-order valence-corrected chi connectivity index (χ4v) is 4.01. The largest absolute Gasteiger partial charge is 0.378 e. The van der Waals surface area contributed by atoms with Crippen LogP contribution in [0.2, 0.25) is 0 Å². The summed E-state index contributed by atoms with van der Waals surface area (Å²) in [4.78, 5) is 18.9. The molecule has 0 aliphatic carbocycles. The summed E-state index contributed by atoms with van der Waals surface area (Å²) in [7, 11) is 0. The van der Waals surface area contributed by atoms with Gasteiger partial charge in [-0.1, -0.05) is 30.3 Å². The summed E-state index contributed by atoms with van der Waals surface area (Å²) in [5.74, 6) is 1.60. The Balaban J connectivity index is 1.34. The highest BCUT2D eigenvalue weighted by molar-refractivity contribution is 5.74. The van der Waals surface area contributed by atoms with Gasteiger partial charge in [0, 0.05) is 44.8 Å². The summed E-state index contributed by atoms with van der Waals surface area (Å²) in [5.41, 5.74) is 1.70. The van der Waals surface area contributed by atoms with Gasteiger partial charge >= 0.3 is 6.03 Å². The van der Waals surface area contributed by atoms with E-state index in [1.807, 2.05) is 52.3 Å². The predicted molar refractivity (Wildman–Crippen MR) is 112 cm³/mol. The molecule has 2 fully saturated rings. The van der Waals surface area contributed by atoms with Crippen molar-refractivity contribution < 1.29 is 9.53 Å². The third kappa shape index (κ3) is 3.68. The van der Waals surface area contributed by atoms with E-state index in [1.54, 1.807) is 4.52 Å². The molecular weight excluding hydrogens is 382 g/mol. The number of urea groups is 1. The SMILES string of the molecule is O=C(N1CCOCC1)N1CCCN(c2ccc3nnc(-c4ccccc4)n3n2)CC1. The number of morpholine rings is 1. The Hall–Kier alpha value is -3.20. The second-order valence-corrected chi connectivity index (χ2v) is 7.56. The Kier molecular flexibility index (Phi) is 5.18. The number of fused-ring (bicyclic) bond motifs is 1. The van der Waals surface area contributed by atoms with Crippen molar-refractivity contribution in [2.24, 2.45) is 0 Å². The summed E-state index contributed by atoms with van der Waals surface area (Å²) in [6.45, 7) is 5.64. The topological polar surface area (TPSA) is 79.1 Å². The lowest BCUT2D eigenvalue weighted by molar-refractivity contribution is 0.0438. The Morgan fingerprint density at radius 1 is 0.833 bits per heavy atom. The molecule has 0 saturated carbocycles. The zero-order valence-corrected chi connectivity index (χ0v) is 16.9. The van der Waals surface area contributed by atoms with E-state index in [-0.39, 0.29) is 6.03 Å². The molecule has 9 nitrogen and oxygen atoms in total. The number of hydrogen-bond acceptors (Lipinski definition) is 6. The minimum absolute atomic E-state index is 0.119. The third-order valence-electron chi connectivity index (χ3n) is 5.65. The molecule has 2 amide bonds. The number of nitrogens with zero attached hydrogens (tertiary/aromatic N) is 7. The fourth-order valence-electron chi connectivity index (χ4n) is 4.01. The highest BCUT2D eigenvalue weighted by Gasteiger charge is 2.25. The van der Waals surface area contributed by atoms with Gasteiger partial charge in [-0.2, -0.15) is 4.52 Å². The molecule has 0 N–H and O–H groups in total. The van der Waals surface area contributed by atoms with E-state index < -0.39 is 0 Å². The molecule has 0 bridgehead atoms. The van der Waals surface area contributed by atoms with Crippen LogP contribution < -0.4 is 4.90 Å². The second kappa shape index (κ2) is 8.27. The molecule has 0 unspecified atom stereocenters. The lowest BCUT2D eigenvalue weighted by atomic mass is 10.2. The molecule has 156 valence electrons. The standard InChI is InChI=1S/C21H25N7O2/c29-21(27-13-15-30-16-14-27)26-10-4-9-25(11-12-26)19-8-7-18-22-23-20(28(18)24-19)17-5-2-1-3-6-17/h1-3,5-8H,4,9-16H2. The van der Waals surface area contributed by atoms with Crippen LogP contribution >= 0.6 is 0 Å². The lowest BCUT2D eigenvalue weighted by Gasteiger charge is -2.32. The van der Waals surface area contributed by atoms with Gasteiger partial charge < -0.3 is 19.4 Å². The number of anilines is 1. The van der Waals surface area contributed by atoms with Crippen molar-refractivity contribution in [3.63, 3.8) is 0 Å². The zero-order valence-electron chi connectivity index (χ0n) is 16.9. The maximum absolute atomic E-state index is 12.8. The number of amides is 2. The van der Waals surface area contributed by atoms with E-state index in [0.29, 0.717) is 32.8 Å². The van der Waals surface area contributed by atoms with E-state index in [9.17, 15) is 4.79 Å². The van der Waals surface area contributed by atoms with Gasteiger partial charge in [0.25, 0.3) is 0 Å². The summed E-state index contributed by atoms with van der Waals surface area (Å²) in [6, 6.07) is 14.0. The van der Waals surface area contributed by atoms with Crippen LogP contribution in [0.4, 0.5) is 10.6 Å². The van der Waals surface area contributed by atoms with Crippen LogP contribution in [0.25, 0.3) is 17.0 Å². The molecule has 2 aliphatic rings. The van der Waals surface area contributed by atoms with Crippen LogP contribution in [-0.4, -0.2) is 88.1 Å². The number of ether oxygens (including phenoxy) is 1. The van der Waals surface area contributed by atoms with Gasteiger partial charge in [-0.05, 0) is 18.6 Å². The molecule has 0 spiro atoms. The smallest absolute Gasteiger partial charge is 0.320 e. The maximum Gasteiger partial charge on any atom is 0.320 e. The Bertz CT molecular complexity index is 1020. The van der Waals surface area contributed by atoms with Crippen LogP contribution in [0.15, 0.2) is 42.5 Å². The van der Waals surface area contributed by atoms with Gasteiger partial charge in [0.1, 0.15) is 5.82 Å². The Morgan fingerprint density at radius 3 is 2.47 bits per heavy atom. The number of benzene rings is 1. The molecule has 0 radical (unpaired) electrons. The molecule has 2 saturated heterocycles. The van der Waals surface area contributed by atoms with Gasteiger partial charge in [0.2, 0.25) is 0 Å². The summed E-state index contributed by atoms with van der Waals surface area (Å²) in [5, 5.41) is 13.4. The predicted octanol–water partition coefficient (Wildman–Crippen LogP) is 1.76. The van der Waals surface area contributed by atoms with Crippen LogP contribution in [0.1, 0.15) is 6.42 Å². The van der Waals surface area contributed by atoms with Crippen LogP contribution in [0.3, 0.4) is 0 Å². The lowest BCUT2D eigenvalue weighted by Crippen LogP contribution is -2.49. The van der Waals surface area contributed by atoms with E-state index in [1.165, 1.54) is 0 Å². The molecule has 1 aromatic carbocycles. The second-order valence-electron chi connectivity index (χ2n) is 7.56. The minimum atomic E-state index is 0.119. The van der Waals surface area contributed by atoms with Crippen molar-refractivity contribution in [3.05, 3.63) is 42.5 Å². The number of hydrogen-bond donors (Lipinski definition) is 0. The number of aromatic nitrogens is 4. The first-order valence-corrected chi connectivity index (χ1v) is 10.4. The normalized spacial score (nSPS) is 17.9. The van der Waals surface area contributed by atoms with E-state index in [0.717, 1.165) is 48.9 Å². The molecule has 2 aliphatic heterocycles. The first-order chi connectivity index (χ1) is 14.8. The average Bonchev–Trinajstić information content (AvgIpc) is 3.08. The summed E-state index contributed by atoms with van der Waals surface area (Å²) < 4.78 is 7.16. The number of carbonyl (C=O) groups excluding carboxylic acids is 1. The van der Waals surface area contributed by atoms with Gasteiger partial charge in [-0.25, -0.2) is 4.79 Å². The molecule has 5 rings (SSSR count). The van der Waals surface area contributed by atoms with Crippen molar-refractivity contribution in [2.45, 2.75) is 6.42 Å². The number of carbonyl (C=O) groups is 1. The monoisotopic (exact) mass is 407 g/mol. The first-order valence-electron chi connectivity index (χ1n) is 10.4. The average molecular weight is 407 g/mol.